The van der Waals surface area contributed by atoms with Crippen LogP contribution in [0.4, 0.5) is 0 Å². The SMILES string of the molecule is CCCCCCCCCCC/C=C/[C@@H](O)[C@H](COP(=O)([O-])OCC[N+](C)(C)C)NC(=O)CCC/C=C\CC/C=C\CCCCCCCCCCCCCC. The van der Waals surface area contributed by atoms with Crippen molar-refractivity contribution < 1.29 is 32.9 Å². The minimum absolute atomic E-state index is 0.00815. The number of allylic oxidation sites excluding steroid dienone is 5. The van der Waals surface area contributed by atoms with E-state index in [1.807, 2.05) is 27.2 Å². The predicted molar refractivity (Wildman–Crippen MR) is 228 cm³/mol. The third-order valence-corrected chi connectivity index (χ3v) is 10.8. The predicted octanol–water partition coefficient (Wildman–Crippen LogP) is 11.7. The molecule has 318 valence electrons. The van der Waals surface area contributed by atoms with Gasteiger partial charge in [0.05, 0.1) is 39.9 Å². The fraction of sp³-hybridized carbons (Fsp3) is 0.844. The number of likely N-dealkylation sites (N-methyl/N-ethyl adjacent to an activating group) is 1. The molecule has 3 atom stereocenters. The summed E-state index contributed by atoms with van der Waals surface area (Å²) >= 11 is 0. The maximum atomic E-state index is 12.8. The Bertz CT molecular complexity index is 980. The largest absolute Gasteiger partial charge is 0.756 e. The molecule has 54 heavy (non-hydrogen) atoms. The fourth-order valence-electron chi connectivity index (χ4n) is 6.23. The maximum absolute atomic E-state index is 12.8. The van der Waals surface area contributed by atoms with Crippen molar-refractivity contribution in [3.63, 3.8) is 0 Å². The van der Waals surface area contributed by atoms with Gasteiger partial charge in [-0.05, 0) is 51.4 Å². The van der Waals surface area contributed by atoms with Gasteiger partial charge in [0.15, 0.2) is 0 Å². The number of aliphatic hydroxyl groups is 1. The van der Waals surface area contributed by atoms with Crippen molar-refractivity contribution in [2.24, 2.45) is 0 Å². The Morgan fingerprint density at radius 1 is 0.630 bits per heavy atom. The first kappa shape index (κ1) is 52.7. The van der Waals surface area contributed by atoms with Crippen molar-refractivity contribution in [1.29, 1.82) is 0 Å². The number of amides is 1. The number of unbranched alkanes of at least 4 members (excludes halogenated alkanes) is 23. The maximum Gasteiger partial charge on any atom is 0.268 e. The Balaban J connectivity index is 4.39. The highest BCUT2D eigenvalue weighted by molar-refractivity contribution is 7.45. The number of aliphatic hydroxyl groups excluding tert-OH is 1. The van der Waals surface area contributed by atoms with E-state index in [2.05, 4.69) is 43.5 Å². The summed E-state index contributed by atoms with van der Waals surface area (Å²) in [5.41, 5.74) is 0. The molecule has 8 nitrogen and oxygen atoms in total. The van der Waals surface area contributed by atoms with Gasteiger partial charge in [-0.25, -0.2) is 0 Å². The molecular weight excluding hydrogens is 695 g/mol. The van der Waals surface area contributed by atoms with Gasteiger partial charge >= 0.3 is 0 Å². The van der Waals surface area contributed by atoms with Gasteiger partial charge in [0, 0.05) is 6.42 Å². The molecule has 0 aliphatic heterocycles. The molecule has 0 fully saturated rings. The molecule has 2 N–H and O–H groups in total. The lowest BCUT2D eigenvalue weighted by Crippen LogP contribution is -2.45. The molecular formula is C45H87N2O6P. The van der Waals surface area contributed by atoms with Crippen LogP contribution in [0.2, 0.25) is 0 Å². The number of phosphoric ester groups is 1. The first-order valence-corrected chi connectivity index (χ1v) is 23.8. The second-order valence-corrected chi connectivity index (χ2v) is 17.8. The average molecular weight is 783 g/mol. The van der Waals surface area contributed by atoms with Gasteiger partial charge in [-0.2, -0.15) is 0 Å². The number of hydrogen-bond donors (Lipinski definition) is 2. The number of carbonyl (C=O) groups is 1. The summed E-state index contributed by atoms with van der Waals surface area (Å²) in [5.74, 6) is -0.240. The number of nitrogens with one attached hydrogen (secondary N) is 1. The summed E-state index contributed by atoms with van der Waals surface area (Å²) in [6.07, 6.45) is 44.9. The third kappa shape index (κ3) is 39.0. The van der Waals surface area contributed by atoms with Crippen LogP contribution in [0.3, 0.4) is 0 Å². The van der Waals surface area contributed by atoms with E-state index in [4.69, 9.17) is 9.05 Å². The highest BCUT2D eigenvalue weighted by Crippen LogP contribution is 2.38. The molecule has 0 aromatic rings. The van der Waals surface area contributed by atoms with Crippen molar-refractivity contribution in [3.8, 4) is 0 Å². The monoisotopic (exact) mass is 783 g/mol. The first-order chi connectivity index (χ1) is 26.0. The molecule has 0 spiro atoms. The average Bonchev–Trinajstić information content (AvgIpc) is 3.12. The van der Waals surface area contributed by atoms with Crippen LogP contribution < -0.4 is 10.2 Å². The van der Waals surface area contributed by atoms with Gasteiger partial charge < -0.3 is 28.8 Å². The highest BCUT2D eigenvalue weighted by atomic mass is 31.2. The van der Waals surface area contributed by atoms with Crippen LogP contribution in [0.25, 0.3) is 0 Å². The van der Waals surface area contributed by atoms with Crippen LogP contribution in [0.5, 0.6) is 0 Å². The number of phosphoric acid groups is 1. The zero-order valence-electron chi connectivity index (χ0n) is 35.9. The molecule has 0 heterocycles. The number of nitrogens with zero attached hydrogens (tertiary/aromatic N) is 1. The van der Waals surface area contributed by atoms with Gasteiger partial charge in [-0.15, -0.1) is 0 Å². The first-order valence-electron chi connectivity index (χ1n) is 22.4. The van der Waals surface area contributed by atoms with Crippen LogP contribution in [0.1, 0.15) is 194 Å². The lowest BCUT2D eigenvalue weighted by Gasteiger charge is -2.29. The van der Waals surface area contributed by atoms with E-state index in [1.54, 1.807) is 6.08 Å². The Labute approximate surface area is 334 Å². The van der Waals surface area contributed by atoms with E-state index in [0.29, 0.717) is 17.4 Å². The van der Waals surface area contributed by atoms with Gasteiger partial charge in [-0.3, -0.25) is 9.36 Å². The van der Waals surface area contributed by atoms with Crippen LogP contribution in [-0.2, 0) is 18.4 Å². The molecule has 0 radical (unpaired) electrons. The van der Waals surface area contributed by atoms with E-state index in [-0.39, 0.29) is 18.9 Å². The normalized spacial score (nSPS) is 14.7. The molecule has 0 aliphatic rings. The summed E-state index contributed by atoms with van der Waals surface area (Å²) < 4.78 is 23.1. The molecule has 1 unspecified atom stereocenters. The smallest absolute Gasteiger partial charge is 0.268 e. The minimum Gasteiger partial charge on any atom is -0.756 e. The Kier molecular flexibility index (Phi) is 36.4. The molecule has 0 rings (SSSR count). The van der Waals surface area contributed by atoms with E-state index in [1.165, 1.54) is 128 Å². The van der Waals surface area contributed by atoms with Crippen molar-refractivity contribution in [1.82, 2.24) is 5.32 Å². The fourth-order valence-corrected chi connectivity index (χ4v) is 6.95. The molecule has 0 aliphatic carbocycles. The second kappa shape index (κ2) is 37.3. The summed E-state index contributed by atoms with van der Waals surface area (Å²) in [7, 11) is 1.24. The van der Waals surface area contributed by atoms with E-state index in [9.17, 15) is 19.4 Å². The zero-order valence-corrected chi connectivity index (χ0v) is 36.8. The number of hydrogen-bond acceptors (Lipinski definition) is 6. The summed E-state index contributed by atoms with van der Waals surface area (Å²) in [5, 5.41) is 13.7. The van der Waals surface area contributed by atoms with Crippen molar-refractivity contribution in [2.45, 2.75) is 206 Å². The Morgan fingerprint density at radius 3 is 1.50 bits per heavy atom. The van der Waals surface area contributed by atoms with Gasteiger partial charge in [0.1, 0.15) is 13.2 Å². The second-order valence-electron chi connectivity index (χ2n) is 16.4. The number of carbonyl (C=O) groups excluding carboxylic acids is 1. The molecule has 0 saturated heterocycles. The van der Waals surface area contributed by atoms with E-state index in [0.717, 1.165) is 38.5 Å². The Hall–Kier alpha value is -1.28. The summed E-state index contributed by atoms with van der Waals surface area (Å²) in [6, 6.07) is -0.904. The quantitative estimate of drug-likeness (QED) is 0.0277. The standard InChI is InChI=1S/C45H87N2O6P/c1-6-8-10-12-14-16-18-19-20-21-22-23-24-25-26-27-29-31-33-35-37-39-45(49)46-43(42-53-54(50,51)52-41-40-47(3,4)5)44(48)38-36-34-32-30-28-17-15-13-11-9-7-2/h25-26,31,33,36,38,43-44,48H,6-24,27-30,32,34-35,37,39-42H2,1-5H3,(H-,46,49,50,51)/b26-25-,33-31-,38-36+/t43-,44+/m0/s1. The van der Waals surface area contributed by atoms with Gasteiger partial charge in [0.2, 0.25) is 5.91 Å². The van der Waals surface area contributed by atoms with Crippen LogP contribution in [0, 0.1) is 0 Å². The number of rotatable bonds is 40. The molecule has 1 amide bonds. The summed E-state index contributed by atoms with van der Waals surface area (Å²) in [6.45, 7) is 4.60. The topological polar surface area (TPSA) is 108 Å². The van der Waals surface area contributed by atoms with Crippen LogP contribution in [0.15, 0.2) is 36.5 Å². The van der Waals surface area contributed by atoms with Crippen LogP contribution >= 0.6 is 7.82 Å². The lowest BCUT2D eigenvalue weighted by atomic mass is 10.0. The summed E-state index contributed by atoms with van der Waals surface area (Å²) in [4.78, 5) is 25.2. The van der Waals surface area contributed by atoms with Crippen molar-refractivity contribution >= 4 is 13.7 Å². The molecule has 0 bridgehead atoms. The highest BCUT2D eigenvalue weighted by Gasteiger charge is 2.23. The molecule has 0 saturated carbocycles. The third-order valence-electron chi connectivity index (χ3n) is 9.82. The van der Waals surface area contributed by atoms with Crippen molar-refractivity contribution in [3.05, 3.63) is 36.5 Å². The Morgan fingerprint density at radius 2 is 1.04 bits per heavy atom. The number of quaternary nitrogens is 1. The molecule has 0 aromatic carbocycles. The van der Waals surface area contributed by atoms with Crippen molar-refractivity contribution in [2.75, 3.05) is 40.9 Å². The van der Waals surface area contributed by atoms with Gasteiger partial charge in [0.25, 0.3) is 7.82 Å². The molecule has 0 aromatic heterocycles. The molecule has 9 heteroatoms. The van der Waals surface area contributed by atoms with E-state index >= 15 is 0 Å². The van der Waals surface area contributed by atoms with Gasteiger partial charge in [-0.1, -0.05) is 172 Å². The minimum atomic E-state index is -4.59. The van der Waals surface area contributed by atoms with Crippen LogP contribution in [-0.4, -0.2) is 68.5 Å². The van der Waals surface area contributed by atoms with E-state index < -0.39 is 26.6 Å². The zero-order chi connectivity index (χ0) is 40.0. The lowest BCUT2D eigenvalue weighted by molar-refractivity contribution is -0.870.